The van der Waals surface area contributed by atoms with Gasteiger partial charge in [0, 0.05) is 24.4 Å². The Kier molecular flexibility index (Phi) is 5.69. The van der Waals surface area contributed by atoms with E-state index in [-0.39, 0.29) is 17.6 Å². The number of carbonyl (C=O) groups excluding carboxylic acids is 1. The molecule has 27 heavy (non-hydrogen) atoms. The Morgan fingerprint density at radius 1 is 1.00 bits per heavy atom. The van der Waals surface area contributed by atoms with Crippen LogP contribution in [-0.4, -0.2) is 15.8 Å². The number of non-ortho nitro benzene ring substituents is 1. The minimum Gasteiger partial charge on any atom is -0.340 e. The van der Waals surface area contributed by atoms with Crippen molar-refractivity contribution < 1.29 is 9.72 Å². The second-order valence-corrected chi connectivity index (χ2v) is 5.79. The van der Waals surface area contributed by atoms with Crippen molar-refractivity contribution in [3.63, 3.8) is 0 Å². The van der Waals surface area contributed by atoms with E-state index >= 15 is 0 Å². The predicted molar refractivity (Wildman–Crippen MR) is 103 cm³/mol. The first-order chi connectivity index (χ1) is 13.1. The number of pyridine rings is 1. The molecule has 0 radical (unpaired) electrons. The Morgan fingerprint density at radius 2 is 1.70 bits per heavy atom. The molecule has 1 atom stereocenters. The summed E-state index contributed by atoms with van der Waals surface area (Å²) < 4.78 is 0. The molecule has 0 spiro atoms. The topological polar surface area (TPSA) is 85.1 Å². The van der Waals surface area contributed by atoms with Crippen molar-refractivity contribution in [3.8, 4) is 0 Å². The first kappa shape index (κ1) is 18.0. The summed E-state index contributed by atoms with van der Waals surface area (Å²) in [6, 6.07) is 20.8. The van der Waals surface area contributed by atoms with Gasteiger partial charge in [0.2, 0.25) is 5.91 Å². The minimum absolute atomic E-state index is 0.0101. The summed E-state index contributed by atoms with van der Waals surface area (Å²) in [7, 11) is 0. The lowest BCUT2D eigenvalue weighted by atomic mass is 10.0. The molecule has 0 saturated heterocycles. The van der Waals surface area contributed by atoms with Gasteiger partial charge < -0.3 is 5.32 Å². The van der Waals surface area contributed by atoms with Crippen LogP contribution in [0.1, 0.15) is 22.9 Å². The summed E-state index contributed by atoms with van der Waals surface area (Å²) in [5, 5.41) is 13.6. The van der Waals surface area contributed by atoms with E-state index in [1.54, 1.807) is 24.4 Å². The highest BCUT2D eigenvalue weighted by molar-refractivity contribution is 5.92. The Morgan fingerprint density at radius 3 is 2.33 bits per heavy atom. The third-order valence-electron chi connectivity index (χ3n) is 3.93. The molecule has 1 amide bonds. The lowest BCUT2D eigenvalue weighted by Crippen LogP contribution is -2.28. The minimum atomic E-state index is -0.461. The van der Waals surface area contributed by atoms with Gasteiger partial charge in [-0.15, -0.1) is 0 Å². The van der Waals surface area contributed by atoms with Gasteiger partial charge in [-0.25, -0.2) is 0 Å². The molecule has 6 heteroatoms. The van der Waals surface area contributed by atoms with E-state index < -0.39 is 4.92 Å². The molecule has 0 fully saturated rings. The second kappa shape index (κ2) is 8.53. The van der Waals surface area contributed by atoms with Crippen LogP contribution >= 0.6 is 0 Å². The van der Waals surface area contributed by atoms with Crippen LogP contribution in [0, 0.1) is 10.1 Å². The van der Waals surface area contributed by atoms with Gasteiger partial charge in [-0.2, -0.15) is 0 Å². The number of nitro groups is 1. The van der Waals surface area contributed by atoms with Crippen molar-refractivity contribution in [2.24, 2.45) is 0 Å². The number of carbonyl (C=O) groups is 1. The zero-order chi connectivity index (χ0) is 19.1. The van der Waals surface area contributed by atoms with E-state index in [4.69, 9.17) is 0 Å². The summed E-state index contributed by atoms with van der Waals surface area (Å²) in [5.74, 6) is -0.284. The monoisotopic (exact) mass is 359 g/mol. The normalized spacial score (nSPS) is 11.9. The molecule has 0 aliphatic heterocycles. The molecule has 0 aliphatic carbocycles. The van der Waals surface area contributed by atoms with Crippen molar-refractivity contribution in [2.75, 3.05) is 0 Å². The van der Waals surface area contributed by atoms with Gasteiger partial charge in [0.05, 0.1) is 16.7 Å². The molecule has 6 nitrogen and oxygen atoms in total. The molecule has 0 saturated carbocycles. The molecule has 1 aromatic heterocycles. The molecule has 3 rings (SSSR count). The van der Waals surface area contributed by atoms with Crippen LogP contribution in [0.25, 0.3) is 6.08 Å². The van der Waals surface area contributed by atoms with Gasteiger partial charge in [-0.05, 0) is 41.5 Å². The van der Waals surface area contributed by atoms with Crippen molar-refractivity contribution >= 4 is 17.7 Å². The van der Waals surface area contributed by atoms with Gasteiger partial charge >= 0.3 is 0 Å². The zero-order valence-corrected chi connectivity index (χ0v) is 14.4. The van der Waals surface area contributed by atoms with Crippen molar-refractivity contribution in [1.82, 2.24) is 10.3 Å². The van der Waals surface area contributed by atoms with E-state index in [1.165, 1.54) is 18.2 Å². The lowest BCUT2D eigenvalue weighted by molar-refractivity contribution is -0.384. The maximum absolute atomic E-state index is 12.4. The summed E-state index contributed by atoms with van der Waals surface area (Å²) in [5.41, 5.74) is 2.37. The zero-order valence-electron chi connectivity index (χ0n) is 14.4. The van der Waals surface area contributed by atoms with Gasteiger partial charge in [-0.3, -0.25) is 19.9 Å². The molecule has 0 unspecified atom stereocenters. The highest BCUT2D eigenvalue weighted by Crippen LogP contribution is 2.20. The van der Waals surface area contributed by atoms with Crippen molar-refractivity contribution in [2.45, 2.75) is 6.04 Å². The molecule has 0 aliphatic rings. The van der Waals surface area contributed by atoms with E-state index in [1.807, 2.05) is 48.5 Å². The van der Waals surface area contributed by atoms with Crippen LogP contribution in [0.5, 0.6) is 0 Å². The fourth-order valence-corrected chi connectivity index (χ4v) is 2.59. The van der Waals surface area contributed by atoms with Crippen molar-refractivity contribution in [3.05, 3.63) is 112 Å². The van der Waals surface area contributed by atoms with Gasteiger partial charge in [-0.1, -0.05) is 36.4 Å². The van der Waals surface area contributed by atoms with Crippen LogP contribution in [0.2, 0.25) is 0 Å². The molecule has 2 aromatic carbocycles. The molecular weight excluding hydrogens is 342 g/mol. The largest absolute Gasteiger partial charge is 0.340 e. The molecule has 134 valence electrons. The summed E-state index contributed by atoms with van der Waals surface area (Å²) in [4.78, 5) is 27.0. The van der Waals surface area contributed by atoms with E-state index in [0.29, 0.717) is 5.56 Å². The highest BCUT2D eigenvalue weighted by atomic mass is 16.6. The van der Waals surface area contributed by atoms with Crippen LogP contribution in [-0.2, 0) is 4.79 Å². The third-order valence-corrected chi connectivity index (χ3v) is 3.93. The number of benzene rings is 2. The average Bonchev–Trinajstić information content (AvgIpc) is 2.72. The first-order valence-corrected chi connectivity index (χ1v) is 8.32. The Labute approximate surface area is 156 Å². The van der Waals surface area contributed by atoms with Crippen molar-refractivity contribution in [1.29, 1.82) is 0 Å². The Balaban J connectivity index is 1.75. The van der Waals surface area contributed by atoms with Crippen LogP contribution in [0.4, 0.5) is 5.69 Å². The Bertz CT molecular complexity index is 900. The van der Waals surface area contributed by atoms with Crippen LogP contribution < -0.4 is 5.32 Å². The maximum Gasteiger partial charge on any atom is 0.269 e. The molecule has 3 aromatic rings. The first-order valence-electron chi connectivity index (χ1n) is 8.32. The number of hydrogen-bond donors (Lipinski definition) is 1. The smallest absolute Gasteiger partial charge is 0.269 e. The number of nitrogens with one attached hydrogen (secondary N) is 1. The number of aromatic nitrogens is 1. The lowest BCUT2D eigenvalue weighted by Gasteiger charge is -2.17. The van der Waals surface area contributed by atoms with E-state index in [9.17, 15) is 14.9 Å². The van der Waals surface area contributed by atoms with E-state index in [0.717, 1.165) is 11.3 Å². The molecule has 1 N–H and O–H groups in total. The standard InChI is InChI=1S/C21H17N3O3/c25-20(14-11-16-9-12-18(13-10-16)24(26)27)23-21(17-6-2-1-3-7-17)19-8-4-5-15-22-19/h1-15,21H,(H,23,25)/b14-11+/t21-/m0/s1. The fourth-order valence-electron chi connectivity index (χ4n) is 2.59. The maximum atomic E-state index is 12.4. The highest BCUT2D eigenvalue weighted by Gasteiger charge is 2.16. The third kappa shape index (κ3) is 4.85. The fraction of sp³-hybridized carbons (Fsp3) is 0.0476. The Hall–Kier alpha value is -3.80. The number of nitrogens with zero attached hydrogens (tertiary/aromatic N) is 2. The SMILES string of the molecule is O=C(/C=C/c1ccc([N+](=O)[O-])cc1)N[C@@H](c1ccccc1)c1ccccn1. The second-order valence-electron chi connectivity index (χ2n) is 5.79. The number of hydrogen-bond acceptors (Lipinski definition) is 4. The predicted octanol–water partition coefficient (Wildman–Crippen LogP) is 3.91. The van der Waals surface area contributed by atoms with Gasteiger partial charge in [0.1, 0.15) is 0 Å². The average molecular weight is 359 g/mol. The van der Waals surface area contributed by atoms with Gasteiger partial charge in [0.15, 0.2) is 0 Å². The van der Waals surface area contributed by atoms with E-state index in [2.05, 4.69) is 10.3 Å². The summed E-state index contributed by atoms with van der Waals surface area (Å²) in [6.07, 6.45) is 4.70. The van der Waals surface area contributed by atoms with Crippen LogP contribution in [0.3, 0.4) is 0 Å². The quantitative estimate of drug-likeness (QED) is 0.411. The molecule has 0 bridgehead atoms. The summed E-state index contributed by atoms with van der Waals surface area (Å²) in [6.45, 7) is 0. The number of rotatable bonds is 6. The number of amides is 1. The number of nitro benzene ring substituents is 1. The van der Waals surface area contributed by atoms with Gasteiger partial charge in [0.25, 0.3) is 5.69 Å². The summed E-state index contributed by atoms with van der Waals surface area (Å²) >= 11 is 0. The van der Waals surface area contributed by atoms with Crippen LogP contribution in [0.15, 0.2) is 85.1 Å². The molecular formula is C21H17N3O3. The molecule has 1 heterocycles.